The van der Waals surface area contributed by atoms with E-state index in [1.54, 1.807) is 0 Å². The van der Waals surface area contributed by atoms with Gasteiger partial charge in [0.2, 0.25) is 0 Å². The molecule has 0 aliphatic rings. The lowest BCUT2D eigenvalue weighted by molar-refractivity contribution is 0.642. The van der Waals surface area contributed by atoms with Crippen LogP contribution in [0, 0.1) is 6.92 Å². The highest BCUT2D eigenvalue weighted by molar-refractivity contribution is 6.04. The molecule has 0 fully saturated rings. The van der Waals surface area contributed by atoms with Crippen LogP contribution >= 0.6 is 0 Å². The number of fused-ring (bicyclic) bond motifs is 1. The maximum Gasteiger partial charge on any atom is 0.146 e. The van der Waals surface area contributed by atoms with E-state index in [4.69, 9.17) is 5.73 Å². The molecule has 3 rings (SSSR count). The number of rotatable bonds is 5. The number of unbranched alkanes of at least 4 members (excludes halogenated alkanes) is 1. The summed E-state index contributed by atoms with van der Waals surface area (Å²) in [6, 6.07) is 8.45. The zero-order chi connectivity index (χ0) is 16.4. The molecule has 23 heavy (non-hydrogen) atoms. The van der Waals surface area contributed by atoms with E-state index in [9.17, 15) is 0 Å². The highest BCUT2D eigenvalue weighted by Crippen LogP contribution is 2.37. The van der Waals surface area contributed by atoms with Crippen LogP contribution in [0.1, 0.15) is 31.0 Å². The number of aromatic nitrogens is 3. The van der Waals surface area contributed by atoms with Crippen LogP contribution in [0.3, 0.4) is 0 Å². The molecule has 0 amide bonds. The molecule has 4 nitrogen and oxygen atoms in total. The van der Waals surface area contributed by atoms with E-state index in [1.807, 2.05) is 6.08 Å². The average Bonchev–Trinajstić information content (AvgIpc) is 2.88. The Bertz CT molecular complexity index is 844. The van der Waals surface area contributed by atoms with E-state index < -0.39 is 0 Å². The SMILES string of the molecule is C=Cc1c(-c2ccc(C)cc2)c2c(N)ncnc2n1CCCC. The van der Waals surface area contributed by atoms with E-state index in [-0.39, 0.29) is 0 Å². The molecule has 0 unspecified atom stereocenters. The predicted octanol–water partition coefficient (Wildman–Crippen LogP) is 4.43. The number of nitrogen functional groups attached to an aromatic ring is 1. The average molecular weight is 306 g/mol. The predicted molar refractivity (Wildman–Crippen MR) is 97.1 cm³/mol. The first-order chi connectivity index (χ1) is 11.2. The van der Waals surface area contributed by atoms with Crippen LogP contribution in [0.5, 0.6) is 0 Å². The Kier molecular flexibility index (Phi) is 4.15. The van der Waals surface area contributed by atoms with Crippen molar-refractivity contribution in [2.45, 2.75) is 33.2 Å². The molecule has 118 valence electrons. The third-order valence-corrected chi connectivity index (χ3v) is 4.18. The summed E-state index contributed by atoms with van der Waals surface area (Å²) in [5.41, 5.74) is 11.6. The maximum atomic E-state index is 6.19. The lowest BCUT2D eigenvalue weighted by atomic mass is 10.0. The van der Waals surface area contributed by atoms with Gasteiger partial charge >= 0.3 is 0 Å². The van der Waals surface area contributed by atoms with Gasteiger partial charge in [-0.2, -0.15) is 0 Å². The van der Waals surface area contributed by atoms with Crippen LogP contribution in [0.2, 0.25) is 0 Å². The Morgan fingerprint density at radius 1 is 1.22 bits per heavy atom. The summed E-state index contributed by atoms with van der Waals surface area (Å²) < 4.78 is 2.21. The summed E-state index contributed by atoms with van der Waals surface area (Å²) in [5, 5.41) is 0.919. The summed E-state index contributed by atoms with van der Waals surface area (Å²) >= 11 is 0. The molecule has 0 aliphatic carbocycles. The molecule has 0 spiro atoms. The van der Waals surface area contributed by atoms with Crippen LogP contribution in [0.15, 0.2) is 37.2 Å². The first-order valence-corrected chi connectivity index (χ1v) is 7.99. The van der Waals surface area contributed by atoms with Gasteiger partial charge in [-0.05, 0) is 25.0 Å². The highest BCUT2D eigenvalue weighted by atomic mass is 15.1. The molecule has 0 atom stereocenters. The molecule has 2 N–H and O–H groups in total. The summed E-state index contributed by atoms with van der Waals surface area (Å²) in [5.74, 6) is 0.518. The normalized spacial score (nSPS) is 11.0. The molecule has 0 saturated carbocycles. The van der Waals surface area contributed by atoms with Crippen LogP contribution in [-0.2, 0) is 6.54 Å². The third kappa shape index (κ3) is 2.61. The number of aryl methyl sites for hydroxylation is 2. The maximum absolute atomic E-state index is 6.19. The summed E-state index contributed by atoms with van der Waals surface area (Å²) in [6.45, 7) is 9.19. The molecule has 2 aromatic heterocycles. The minimum Gasteiger partial charge on any atom is -0.383 e. The van der Waals surface area contributed by atoms with Gasteiger partial charge in [-0.15, -0.1) is 0 Å². The largest absolute Gasteiger partial charge is 0.383 e. The summed E-state index contributed by atoms with van der Waals surface area (Å²) in [7, 11) is 0. The van der Waals surface area contributed by atoms with Crippen molar-refractivity contribution in [1.82, 2.24) is 14.5 Å². The van der Waals surface area contributed by atoms with Crippen LogP contribution in [0.4, 0.5) is 5.82 Å². The fourth-order valence-corrected chi connectivity index (χ4v) is 2.98. The smallest absolute Gasteiger partial charge is 0.146 e. The number of hydrogen-bond donors (Lipinski definition) is 1. The highest BCUT2D eigenvalue weighted by Gasteiger charge is 2.20. The standard InChI is InChI=1S/C19H22N4/c1-4-6-11-23-15(5-2)16(14-9-7-13(3)8-10-14)17-18(20)21-12-22-19(17)23/h5,7-10,12H,2,4,6,11H2,1,3H3,(H2,20,21,22). The van der Waals surface area contributed by atoms with Crippen molar-refractivity contribution >= 4 is 22.9 Å². The zero-order valence-corrected chi connectivity index (χ0v) is 13.7. The number of nitrogens with zero attached hydrogens (tertiary/aromatic N) is 3. The van der Waals surface area contributed by atoms with Crippen molar-refractivity contribution in [2.75, 3.05) is 5.73 Å². The van der Waals surface area contributed by atoms with Gasteiger partial charge in [-0.25, -0.2) is 9.97 Å². The Morgan fingerprint density at radius 2 is 1.96 bits per heavy atom. The van der Waals surface area contributed by atoms with Crippen LogP contribution in [-0.4, -0.2) is 14.5 Å². The lowest BCUT2D eigenvalue weighted by Gasteiger charge is -2.08. The van der Waals surface area contributed by atoms with Gasteiger partial charge in [0.15, 0.2) is 0 Å². The number of hydrogen-bond acceptors (Lipinski definition) is 3. The Labute approximate surface area is 136 Å². The first-order valence-electron chi connectivity index (χ1n) is 7.99. The molecule has 0 saturated heterocycles. The Hall–Kier alpha value is -2.62. The minimum atomic E-state index is 0.518. The number of anilines is 1. The molecule has 0 bridgehead atoms. The molecule has 4 heteroatoms. The summed E-state index contributed by atoms with van der Waals surface area (Å²) in [4.78, 5) is 8.69. The Balaban J connectivity index is 2.34. The van der Waals surface area contributed by atoms with Gasteiger partial charge < -0.3 is 10.3 Å². The van der Waals surface area contributed by atoms with Crippen molar-refractivity contribution in [2.24, 2.45) is 0 Å². The monoisotopic (exact) mass is 306 g/mol. The second-order valence-corrected chi connectivity index (χ2v) is 5.79. The van der Waals surface area contributed by atoms with Crippen molar-refractivity contribution in [3.8, 4) is 11.1 Å². The lowest BCUT2D eigenvalue weighted by Crippen LogP contribution is -2.02. The third-order valence-electron chi connectivity index (χ3n) is 4.18. The topological polar surface area (TPSA) is 56.7 Å². The fourth-order valence-electron chi connectivity index (χ4n) is 2.98. The van der Waals surface area contributed by atoms with E-state index in [0.717, 1.165) is 47.2 Å². The van der Waals surface area contributed by atoms with Gasteiger partial charge in [0, 0.05) is 12.1 Å². The molecular weight excluding hydrogens is 284 g/mol. The number of nitrogens with two attached hydrogens (primary N) is 1. The number of benzene rings is 1. The van der Waals surface area contributed by atoms with Crippen molar-refractivity contribution < 1.29 is 0 Å². The Morgan fingerprint density at radius 3 is 2.61 bits per heavy atom. The molecule has 0 aliphatic heterocycles. The van der Waals surface area contributed by atoms with Gasteiger partial charge in [-0.3, -0.25) is 0 Å². The van der Waals surface area contributed by atoms with E-state index in [0.29, 0.717) is 5.82 Å². The van der Waals surface area contributed by atoms with E-state index in [2.05, 4.69) is 59.2 Å². The van der Waals surface area contributed by atoms with Gasteiger partial charge in [0.05, 0.1) is 11.1 Å². The van der Waals surface area contributed by atoms with Crippen LogP contribution < -0.4 is 5.73 Å². The quantitative estimate of drug-likeness (QED) is 0.758. The second-order valence-electron chi connectivity index (χ2n) is 5.79. The second kappa shape index (κ2) is 6.24. The van der Waals surface area contributed by atoms with Crippen LogP contribution in [0.25, 0.3) is 28.2 Å². The zero-order valence-electron chi connectivity index (χ0n) is 13.7. The molecular formula is C19H22N4. The summed E-state index contributed by atoms with van der Waals surface area (Å²) in [6.07, 6.45) is 5.64. The van der Waals surface area contributed by atoms with E-state index in [1.165, 1.54) is 11.9 Å². The van der Waals surface area contributed by atoms with Crippen molar-refractivity contribution in [1.29, 1.82) is 0 Å². The minimum absolute atomic E-state index is 0.518. The van der Waals surface area contributed by atoms with Gasteiger partial charge in [0.1, 0.15) is 17.8 Å². The molecule has 2 heterocycles. The van der Waals surface area contributed by atoms with Gasteiger partial charge in [-0.1, -0.05) is 49.8 Å². The van der Waals surface area contributed by atoms with Gasteiger partial charge in [0.25, 0.3) is 0 Å². The van der Waals surface area contributed by atoms with Crippen molar-refractivity contribution in [3.63, 3.8) is 0 Å². The van der Waals surface area contributed by atoms with E-state index >= 15 is 0 Å². The molecule has 1 aromatic carbocycles. The molecule has 0 radical (unpaired) electrons. The van der Waals surface area contributed by atoms with Crippen molar-refractivity contribution in [3.05, 3.63) is 48.4 Å². The molecule has 3 aromatic rings. The fraction of sp³-hybridized carbons (Fsp3) is 0.263. The first kappa shape index (κ1) is 15.3.